The van der Waals surface area contributed by atoms with Crippen molar-refractivity contribution >= 4 is 56.7 Å². The number of aromatic nitrogens is 10. The number of ether oxygens (including phenoxy) is 3. The lowest BCUT2D eigenvalue weighted by molar-refractivity contribution is 0.393. The van der Waals surface area contributed by atoms with Gasteiger partial charge in [0.25, 0.3) is 0 Å². The molecule has 100 heavy (non-hydrogen) atoms. The summed E-state index contributed by atoms with van der Waals surface area (Å²) in [5.41, 5.74) is 22.4. The average molecular weight is 1330 g/mol. The van der Waals surface area contributed by atoms with Crippen LogP contribution in [0, 0.1) is 41.5 Å². The second kappa shape index (κ2) is 29.3. The van der Waals surface area contributed by atoms with Gasteiger partial charge in [-0.05, 0) is 154 Å². The molecule has 16 rings (SSSR count). The van der Waals surface area contributed by atoms with Gasteiger partial charge in [0.05, 0.1) is 38.4 Å². The molecule has 16 aromatic rings. The van der Waals surface area contributed by atoms with Gasteiger partial charge in [-0.3, -0.25) is 13.2 Å². The van der Waals surface area contributed by atoms with E-state index in [-0.39, 0.29) is 14.9 Å². The third-order valence-electron chi connectivity index (χ3n) is 17.1. The van der Waals surface area contributed by atoms with Crippen LogP contribution in [0.2, 0.25) is 0 Å². The topological polar surface area (TPSA) is 207 Å². The number of nitrogens with zero attached hydrogens (tertiary/aromatic N) is 10. The highest BCUT2D eigenvalue weighted by Crippen LogP contribution is 2.38. The molecule has 0 radical (unpaired) electrons. The first-order valence-corrected chi connectivity index (χ1v) is 31.9. The summed E-state index contributed by atoms with van der Waals surface area (Å²) >= 11 is 0. The Morgan fingerprint density at radius 1 is 0.410 bits per heavy atom. The number of hydrogen-bond donors (Lipinski definition) is 3. The number of methoxy groups -OCH3 is 3. The largest absolute Gasteiger partial charge is 0.497 e. The van der Waals surface area contributed by atoms with Crippen molar-refractivity contribution in [2.45, 2.75) is 62.9 Å². The molecule has 0 aliphatic carbocycles. The van der Waals surface area contributed by atoms with Gasteiger partial charge in [-0.15, -0.1) is 0 Å². The number of benzene rings is 7. The highest BCUT2D eigenvalue weighted by Gasteiger charge is 2.21. The molecular formula is C81H77N13O6. The lowest BCUT2D eigenvalue weighted by Gasteiger charge is -2.10. The Morgan fingerprint density at radius 3 is 1.44 bits per heavy atom. The van der Waals surface area contributed by atoms with Crippen LogP contribution >= 0.6 is 0 Å². The van der Waals surface area contributed by atoms with E-state index in [1.165, 1.54) is 5.56 Å². The highest BCUT2D eigenvalue weighted by atomic mass is 16.5. The first kappa shape index (κ1) is 67.2. The normalized spacial score (nSPS) is 10.9. The van der Waals surface area contributed by atoms with Gasteiger partial charge >= 0.3 is 0 Å². The van der Waals surface area contributed by atoms with Gasteiger partial charge in [0.15, 0.2) is 5.58 Å². The molecule has 9 aromatic heterocycles. The number of anilines is 5. The Kier molecular flexibility index (Phi) is 19.7. The minimum Gasteiger partial charge on any atom is -0.497 e. The lowest BCUT2D eigenvalue weighted by Crippen LogP contribution is -2.03. The number of imidazole rings is 3. The van der Waals surface area contributed by atoms with Gasteiger partial charge < -0.3 is 43.7 Å². The molecule has 19 heteroatoms. The first-order chi connectivity index (χ1) is 47.9. The standard InChI is InChI=1S/C28H22N4O.C26H24N4O2.C25H23N5O3.2CH4/c1-19-24-17-23(14-15-25(24)33-31-19)21-10-12-22(13-11-21)27-28(29-18-20-7-3-2-4-8-20)32-16-6-5-9-26(32)30-27;1-16-5-14-23-28-25(20-8-6-19(7-9-20)24-17(2)29-32-18(24)3)26(30(23)15-16)27-21-10-12-22(31-4)13-11-21;1-15-23(16(2)33-29-15)17-5-7-18(8-6-17)24-25(27-19-9-11-20(31-3)12-10-19)30-14-26-22(32-4)13-21(30)28-24;;/h2-17,29H,18H2,1H3;5-15,27H,1-4H3;5-14,27H,1-4H3;2*1H4. The molecule has 0 aliphatic rings. The van der Waals surface area contributed by atoms with Crippen molar-refractivity contribution in [3.8, 4) is 84.5 Å². The minimum atomic E-state index is 0. The van der Waals surface area contributed by atoms with E-state index in [1.807, 2.05) is 142 Å². The summed E-state index contributed by atoms with van der Waals surface area (Å²) in [6.45, 7) is 12.5. The number of hydrogen-bond acceptors (Lipinski definition) is 16. The Bertz CT molecular complexity index is 5420. The van der Waals surface area contributed by atoms with E-state index in [0.717, 1.165) is 176 Å². The summed E-state index contributed by atoms with van der Waals surface area (Å²) in [6, 6.07) is 69.3. The first-order valence-electron chi connectivity index (χ1n) is 31.9. The molecule has 0 spiro atoms. The molecule has 7 aromatic carbocycles. The van der Waals surface area contributed by atoms with Gasteiger partial charge in [-0.2, -0.15) is 0 Å². The zero-order valence-electron chi connectivity index (χ0n) is 55.5. The van der Waals surface area contributed by atoms with E-state index >= 15 is 0 Å². The molecule has 9 heterocycles. The summed E-state index contributed by atoms with van der Waals surface area (Å²) in [7, 11) is 4.91. The Labute approximate surface area is 579 Å². The summed E-state index contributed by atoms with van der Waals surface area (Å²) < 4.78 is 38.0. The van der Waals surface area contributed by atoms with Gasteiger partial charge in [0.1, 0.15) is 80.8 Å². The van der Waals surface area contributed by atoms with E-state index in [1.54, 1.807) is 33.7 Å². The molecule has 0 bridgehead atoms. The van der Waals surface area contributed by atoms with Crippen LogP contribution in [-0.2, 0) is 6.54 Å². The zero-order chi connectivity index (χ0) is 67.4. The fourth-order valence-electron chi connectivity index (χ4n) is 12.0. The fraction of sp³-hybridized carbons (Fsp3) is 0.148. The van der Waals surface area contributed by atoms with Crippen molar-refractivity contribution in [3.63, 3.8) is 0 Å². The molecule has 0 saturated carbocycles. The Morgan fingerprint density at radius 2 is 0.900 bits per heavy atom. The molecular weight excluding hydrogens is 1250 g/mol. The summed E-state index contributed by atoms with van der Waals surface area (Å²) in [5.74, 6) is 6.44. The molecule has 0 aliphatic heterocycles. The Hall–Kier alpha value is -12.8. The molecule has 502 valence electrons. The van der Waals surface area contributed by atoms with Crippen molar-refractivity contribution in [3.05, 3.63) is 265 Å². The highest BCUT2D eigenvalue weighted by molar-refractivity contribution is 5.87. The van der Waals surface area contributed by atoms with Crippen molar-refractivity contribution in [2.24, 2.45) is 0 Å². The van der Waals surface area contributed by atoms with Crippen LogP contribution in [0.4, 0.5) is 28.8 Å². The van der Waals surface area contributed by atoms with E-state index < -0.39 is 0 Å². The average Bonchev–Trinajstić information content (AvgIpc) is 1.63. The predicted molar refractivity (Wildman–Crippen MR) is 398 cm³/mol. The fourth-order valence-corrected chi connectivity index (χ4v) is 12.0. The summed E-state index contributed by atoms with van der Waals surface area (Å²) in [4.78, 5) is 19.1. The van der Waals surface area contributed by atoms with Crippen molar-refractivity contribution in [1.82, 2.24) is 48.6 Å². The summed E-state index contributed by atoms with van der Waals surface area (Å²) in [6.07, 6.45) is 5.84. The lowest BCUT2D eigenvalue weighted by atomic mass is 10.0. The van der Waals surface area contributed by atoms with E-state index in [0.29, 0.717) is 5.88 Å². The maximum Gasteiger partial charge on any atom is 0.218 e. The molecule has 3 N–H and O–H groups in total. The minimum absolute atomic E-state index is 0. The third-order valence-corrected chi connectivity index (χ3v) is 17.1. The third kappa shape index (κ3) is 13.8. The van der Waals surface area contributed by atoms with E-state index in [9.17, 15) is 0 Å². The van der Waals surface area contributed by atoms with E-state index in [2.05, 4.69) is 161 Å². The van der Waals surface area contributed by atoms with Gasteiger partial charge in [0.2, 0.25) is 5.88 Å². The van der Waals surface area contributed by atoms with Gasteiger partial charge in [0, 0.05) is 69.6 Å². The van der Waals surface area contributed by atoms with Crippen molar-refractivity contribution < 1.29 is 27.8 Å². The maximum absolute atomic E-state index is 5.35. The molecule has 0 atom stereocenters. The quantitative estimate of drug-likeness (QED) is 0.0822. The molecule has 0 saturated heterocycles. The second-order valence-electron chi connectivity index (χ2n) is 23.6. The number of nitrogens with one attached hydrogen (secondary N) is 3. The molecule has 19 nitrogen and oxygen atoms in total. The molecule has 0 fully saturated rings. The number of rotatable bonds is 16. The van der Waals surface area contributed by atoms with Gasteiger partial charge in [-0.1, -0.05) is 152 Å². The van der Waals surface area contributed by atoms with Crippen LogP contribution in [0.25, 0.3) is 95.1 Å². The second-order valence-corrected chi connectivity index (χ2v) is 23.6. The number of fused-ring (bicyclic) bond motifs is 4. The van der Waals surface area contributed by atoms with Gasteiger partial charge in [-0.25, -0.2) is 19.9 Å². The van der Waals surface area contributed by atoms with E-state index in [4.69, 9.17) is 42.7 Å². The predicted octanol–water partition coefficient (Wildman–Crippen LogP) is 19.8. The SMILES string of the molecule is C.C.COc1ccc(Nc2c(-c3ccc(-c4c(C)noc4C)cc3)nc3cc(OC)ncn23)cc1.COc1ccc(Nc2c(-c3ccc(-c4c(C)noc4C)cc3)nc3ccc(C)cn23)cc1.Cc1noc2ccc(-c3ccc(-c4nc5ccccn5c4NCc4ccccc4)cc3)cc12. The Balaban J connectivity index is 0.000000141. The van der Waals surface area contributed by atoms with Crippen LogP contribution in [0.1, 0.15) is 54.6 Å². The van der Waals surface area contributed by atoms with Crippen molar-refractivity contribution in [2.75, 3.05) is 37.3 Å². The number of aryl methyl sites for hydroxylation is 6. The summed E-state index contributed by atoms with van der Waals surface area (Å²) in [5, 5.41) is 23.9. The smallest absolute Gasteiger partial charge is 0.218 e. The molecule has 0 amide bonds. The van der Waals surface area contributed by atoms with Crippen LogP contribution in [-0.4, -0.2) is 69.9 Å². The van der Waals surface area contributed by atoms with Crippen LogP contribution < -0.4 is 30.2 Å². The monoisotopic (exact) mass is 1330 g/mol. The van der Waals surface area contributed by atoms with Crippen LogP contribution in [0.5, 0.6) is 17.4 Å². The molecule has 0 unspecified atom stereocenters. The maximum atomic E-state index is 5.35. The number of pyridine rings is 2. The van der Waals surface area contributed by atoms with Crippen LogP contribution in [0.15, 0.2) is 239 Å². The van der Waals surface area contributed by atoms with Crippen molar-refractivity contribution in [1.29, 1.82) is 0 Å². The van der Waals surface area contributed by atoms with Crippen LogP contribution in [0.3, 0.4) is 0 Å². The zero-order valence-corrected chi connectivity index (χ0v) is 55.5.